The molecule has 2 N–H and O–H groups in total. The molecule has 1 unspecified atom stereocenters. The largest absolute Gasteiger partial charge is 0.492 e. The second-order valence-electron chi connectivity index (χ2n) is 12.3. The van der Waals surface area contributed by atoms with E-state index in [1.54, 1.807) is 23.5 Å². The first-order valence-corrected chi connectivity index (χ1v) is 15.3. The van der Waals surface area contributed by atoms with E-state index in [2.05, 4.69) is 59.9 Å². The minimum Gasteiger partial charge on any atom is -0.492 e. The first-order valence-electron chi connectivity index (χ1n) is 14.0. The maximum Gasteiger partial charge on any atom is 0.329 e. The van der Waals surface area contributed by atoms with E-state index in [0.717, 1.165) is 47.3 Å². The average Bonchev–Trinajstić information content (AvgIpc) is 3.52. The van der Waals surface area contributed by atoms with Gasteiger partial charge in [0.25, 0.3) is 0 Å². The van der Waals surface area contributed by atoms with Crippen molar-refractivity contribution in [3.63, 3.8) is 0 Å². The second kappa shape index (κ2) is 10.4. The number of anilines is 1. The van der Waals surface area contributed by atoms with Crippen LogP contribution in [-0.2, 0) is 16.6 Å². The highest BCUT2D eigenvalue weighted by molar-refractivity contribution is 7.16. The number of carbonyl (C=O) groups is 1. The van der Waals surface area contributed by atoms with Crippen molar-refractivity contribution in [2.24, 2.45) is 11.3 Å². The molecule has 1 atom stereocenters. The lowest BCUT2D eigenvalue weighted by Gasteiger charge is -2.48. The third-order valence-electron chi connectivity index (χ3n) is 9.16. The van der Waals surface area contributed by atoms with Crippen molar-refractivity contribution < 1.29 is 14.6 Å². The van der Waals surface area contributed by atoms with Crippen molar-refractivity contribution in [1.29, 1.82) is 0 Å². The highest BCUT2D eigenvalue weighted by Gasteiger charge is 2.54. The number of aromatic nitrogens is 1. The standard InChI is InChI=1S/C33H35ClN2O3S/c1-31(2,21-39-28-10-16-35-29-26(28)11-17-40-29)20-23-18-22-6-3-4-9-27(22)32(23)12-14-33(15-13-32,30(37)38)36-25-8-5-7-24(34)19-25/h3-11,16-17,19,23,36H,12-15,18,20-21H2,1-2H3,(H,37,38). The first-order chi connectivity index (χ1) is 19.2. The van der Waals surface area contributed by atoms with E-state index in [1.165, 1.54) is 11.1 Å². The molecule has 0 amide bonds. The zero-order valence-electron chi connectivity index (χ0n) is 23.0. The molecule has 1 saturated carbocycles. The fourth-order valence-corrected chi connectivity index (χ4v) is 8.08. The Hall–Kier alpha value is -3.09. The molecule has 0 radical (unpaired) electrons. The van der Waals surface area contributed by atoms with Crippen molar-refractivity contribution >= 4 is 44.8 Å². The van der Waals surface area contributed by atoms with Gasteiger partial charge in [-0.05, 0) is 102 Å². The van der Waals surface area contributed by atoms with Gasteiger partial charge in [-0.3, -0.25) is 0 Å². The lowest BCUT2D eigenvalue weighted by Crippen LogP contribution is -2.53. The van der Waals surface area contributed by atoms with Crippen molar-refractivity contribution in [2.75, 3.05) is 11.9 Å². The van der Waals surface area contributed by atoms with Gasteiger partial charge in [-0.25, -0.2) is 9.78 Å². The predicted molar refractivity (Wildman–Crippen MR) is 163 cm³/mol. The molecule has 0 saturated heterocycles. The van der Waals surface area contributed by atoms with Crippen molar-refractivity contribution in [3.05, 3.63) is 88.4 Å². The van der Waals surface area contributed by atoms with Gasteiger partial charge in [-0.1, -0.05) is 55.8 Å². The third kappa shape index (κ3) is 4.97. The Balaban J connectivity index is 1.23. The van der Waals surface area contributed by atoms with Gasteiger partial charge in [-0.15, -0.1) is 11.3 Å². The van der Waals surface area contributed by atoms with Gasteiger partial charge in [0.05, 0.1) is 12.0 Å². The van der Waals surface area contributed by atoms with E-state index in [4.69, 9.17) is 16.3 Å². The molecule has 2 aromatic heterocycles. The summed E-state index contributed by atoms with van der Waals surface area (Å²) in [5.41, 5.74) is 2.45. The third-order valence-corrected chi connectivity index (χ3v) is 10.2. The summed E-state index contributed by atoms with van der Waals surface area (Å²) in [5.74, 6) is 0.510. The summed E-state index contributed by atoms with van der Waals surface area (Å²) in [6.45, 7) is 5.20. The molecule has 4 aromatic rings. The molecule has 1 spiro atoms. The number of rotatable bonds is 8. The van der Waals surface area contributed by atoms with Gasteiger partial charge in [0, 0.05) is 16.9 Å². The number of ether oxygens (including phenoxy) is 1. The fourth-order valence-electron chi connectivity index (χ4n) is 7.14. The first kappa shape index (κ1) is 27.1. The topological polar surface area (TPSA) is 71.5 Å². The molecule has 2 aliphatic carbocycles. The minimum absolute atomic E-state index is 0.0415. The zero-order valence-corrected chi connectivity index (χ0v) is 24.5. The lowest BCUT2D eigenvalue weighted by atomic mass is 9.58. The van der Waals surface area contributed by atoms with Crippen LogP contribution in [0.25, 0.3) is 10.2 Å². The molecule has 40 heavy (non-hydrogen) atoms. The molecule has 6 rings (SSSR count). The summed E-state index contributed by atoms with van der Waals surface area (Å²) >= 11 is 7.84. The number of fused-ring (bicyclic) bond motifs is 3. The number of hydrogen-bond acceptors (Lipinski definition) is 5. The molecule has 2 heterocycles. The summed E-state index contributed by atoms with van der Waals surface area (Å²) in [6.07, 6.45) is 6.61. The summed E-state index contributed by atoms with van der Waals surface area (Å²) in [6, 6.07) is 20.2. The average molecular weight is 575 g/mol. The second-order valence-corrected chi connectivity index (χ2v) is 13.7. The molecule has 5 nitrogen and oxygen atoms in total. The predicted octanol–water partition coefficient (Wildman–Crippen LogP) is 8.36. The Bertz CT molecular complexity index is 1540. The maximum atomic E-state index is 12.7. The van der Waals surface area contributed by atoms with E-state index < -0.39 is 11.5 Å². The maximum absolute atomic E-state index is 12.7. The van der Waals surface area contributed by atoms with Crippen LogP contribution >= 0.6 is 22.9 Å². The Morgan fingerprint density at radius 2 is 1.93 bits per heavy atom. The van der Waals surface area contributed by atoms with Crippen LogP contribution in [0.1, 0.15) is 57.1 Å². The summed E-state index contributed by atoms with van der Waals surface area (Å²) < 4.78 is 6.41. The number of nitrogens with one attached hydrogen (secondary N) is 1. The molecule has 1 fully saturated rings. The van der Waals surface area contributed by atoms with E-state index >= 15 is 0 Å². The van der Waals surface area contributed by atoms with Gasteiger partial charge in [-0.2, -0.15) is 0 Å². The van der Waals surface area contributed by atoms with Crippen LogP contribution in [-0.4, -0.2) is 28.2 Å². The molecule has 0 bridgehead atoms. The Morgan fingerprint density at radius 3 is 2.70 bits per heavy atom. The van der Waals surface area contributed by atoms with Crippen LogP contribution in [0.5, 0.6) is 5.75 Å². The Morgan fingerprint density at radius 1 is 1.12 bits per heavy atom. The highest BCUT2D eigenvalue weighted by Crippen LogP contribution is 2.57. The SMILES string of the molecule is CC(C)(COc1ccnc2sccc12)CC1Cc2ccccc2C12CCC(Nc1cccc(Cl)c1)(C(=O)O)CC2. The minimum atomic E-state index is -1.01. The number of carboxylic acids is 1. The summed E-state index contributed by atoms with van der Waals surface area (Å²) in [5, 5.41) is 17.5. The van der Waals surface area contributed by atoms with E-state index in [0.29, 0.717) is 30.4 Å². The Labute approximate surface area is 244 Å². The quantitative estimate of drug-likeness (QED) is 0.221. The van der Waals surface area contributed by atoms with Gasteiger partial charge in [0.2, 0.25) is 0 Å². The van der Waals surface area contributed by atoms with Crippen LogP contribution in [0, 0.1) is 11.3 Å². The van der Waals surface area contributed by atoms with Crippen molar-refractivity contribution in [2.45, 2.75) is 63.3 Å². The van der Waals surface area contributed by atoms with Gasteiger partial charge in [0.15, 0.2) is 0 Å². The van der Waals surface area contributed by atoms with Crippen LogP contribution in [0.4, 0.5) is 5.69 Å². The number of aliphatic carboxylic acids is 1. The highest BCUT2D eigenvalue weighted by atomic mass is 35.5. The van der Waals surface area contributed by atoms with Gasteiger partial charge in [0.1, 0.15) is 16.1 Å². The monoisotopic (exact) mass is 574 g/mol. The number of benzene rings is 2. The number of halogens is 1. The molecule has 2 aliphatic rings. The van der Waals surface area contributed by atoms with Crippen molar-refractivity contribution in [1.82, 2.24) is 4.98 Å². The summed E-state index contributed by atoms with van der Waals surface area (Å²) in [4.78, 5) is 18.1. The number of hydrogen-bond donors (Lipinski definition) is 2. The number of pyridine rings is 1. The smallest absolute Gasteiger partial charge is 0.329 e. The van der Waals surface area contributed by atoms with Crippen molar-refractivity contribution in [3.8, 4) is 5.75 Å². The molecular weight excluding hydrogens is 540 g/mol. The van der Waals surface area contributed by atoms with E-state index in [1.807, 2.05) is 24.4 Å². The van der Waals surface area contributed by atoms with E-state index in [-0.39, 0.29) is 10.8 Å². The summed E-state index contributed by atoms with van der Waals surface area (Å²) in [7, 11) is 0. The van der Waals surface area contributed by atoms with E-state index in [9.17, 15) is 9.90 Å². The normalized spacial score (nSPS) is 24.2. The van der Waals surface area contributed by atoms with Crippen LogP contribution in [0.15, 0.2) is 72.2 Å². The van der Waals surface area contributed by atoms with Gasteiger partial charge < -0.3 is 15.2 Å². The molecular formula is C33H35ClN2O3S. The molecule has 208 valence electrons. The zero-order chi connectivity index (χ0) is 28.0. The van der Waals surface area contributed by atoms with Crippen LogP contribution in [0.3, 0.4) is 0 Å². The number of thiophene rings is 1. The lowest BCUT2D eigenvalue weighted by molar-refractivity contribution is -0.144. The fraction of sp³-hybridized carbons (Fsp3) is 0.394. The molecule has 2 aromatic carbocycles. The van der Waals surface area contributed by atoms with Gasteiger partial charge >= 0.3 is 5.97 Å². The number of carboxylic acid groups (broad SMARTS) is 1. The molecule has 0 aliphatic heterocycles. The van der Waals surface area contributed by atoms with Crippen LogP contribution < -0.4 is 10.1 Å². The van der Waals surface area contributed by atoms with Crippen LogP contribution in [0.2, 0.25) is 5.02 Å². The Kier molecular flexibility index (Phi) is 7.04. The number of nitrogens with zero attached hydrogens (tertiary/aromatic N) is 1. The molecule has 7 heteroatoms.